The Balaban J connectivity index is 2.20. The Bertz CT molecular complexity index is 826. The van der Waals surface area contributed by atoms with Gasteiger partial charge in [0.1, 0.15) is 18.5 Å². The zero-order valence-corrected chi connectivity index (χ0v) is 16.2. The van der Waals surface area contributed by atoms with E-state index < -0.39 is 0 Å². The zero-order chi connectivity index (χ0) is 18.1. The quantitative estimate of drug-likeness (QED) is 0.755. The van der Waals surface area contributed by atoms with E-state index in [1.807, 2.05) is 0 Å². The molecule has 3 heteroatoms. The van der Waals surface area contributed by atoms with Gasteiger partial charge < -0.3 is 9.47 Å². The molecule has 1 aliphatic rings. The van der Waals surface area contributed by atoms with Crippen LogP contribution in [0.2, 0.25) is 0 Å². The number of benzene rings is 2. The summed E-state index contributed by atoms with van der Waals surface area (Å²) in [4.78, 5) is 0. The molecule has 0 saturated heterocycles. The van der Waals surface area contributed by atoms with Gasteiger partial charge in [-0.1, -0.05) is 6.07 Å². The molecule has 0 heterocycles. The molecule has 2 aromatic rings. The van der Waals surface area contributed by atoms with Crippen molar-refractivity contribution < 1.29 is 14.0 Å². The molecular weight excluding hydrogens is 310 g/mol. The first-order chi connectivity index (χ1) is 12.0. The lowest BCUT2D eigenvalue weighted by molar-refractivity contribution is -0.406. The van der Waals surface area contributed by atoms with Crippen molar-refractivity contribution in [2.75, 3.05) is 21.3 Å². The molecule has 0 N–H and O–H groups in total. The van der Waals surface area contributed by atoms with E-state index in [1.165, 1.54) is 45.6 Å². The Hall–Kier alpha value is -2.29. The molecule has 2 aromatic carbocycles. The van der Waals surface area contributed by atoms with Crippen LogP contribution >= 0.6 is 0 Å². The fraction of sp³-hybridized carbons (Fsp3) is 0.409. The van der Waals surface area contributed by atoms with Crippen LogP contribution in [0.4, 0.5) is 5.69 Å². The molecule has 0 aliphatic heterocycles. The number of hydrogen-bond donors (Lipinski definition) is 0. The van der Waals surface area contributed by atoms with Crippen LogP contribution in [0.1, 0.15) is 40.7 Å². The van der Waals surface area contributed by atoms with Gasteiger partial charge in [0.05, 0.1) is 19.8 Å². The maximum atomic E-state index is 5.56. The van der Waals surface area contributed by atoms with Crippen molar-refractivity contribution in [3.8, 4) is 11.5 Å². The lowest BCUT2D eigenvalue weighted by atomic mass is 9.86. The molecule has 25 heavy (non-hydrogen) atoms. The number of hydrogen-bond acceptors (Lipinski definition) is 2. The monoisotopic (exact) mass is 338 g/mol. The number of nitrogens with zero attached hydrogens (tertiary/aromatic N) is 1. The molecule has 0 aromatic heterocycles. The van der Waals surface area contributed by atoms with Gasteiger partial charge in [0.25, 0.3) is 0 Å². The van der Waals surface area contributed by atoms with E-state index in [9.17, 15) is 0 Å². The molecule has 3 rings (SSSR count). The van der Waals surface area contributed by atoms with Crippen molar-refractivity contribution in [1.29, 1.82) is 0 Å². The maximum Gasteiger partial charge on any atom is 0.205 e. The van der Waals surface area contributed by atoms with E-state index in [1.54, 1.807) is 14.2 Å². The summed E-state index contributed by atoms with van der Waals surface area (Å²) in [6, 6.07) is 8.74. The minimum Gasteiger partial charge on any atom is -0.496 e. The zero-order valence-electron chi connectivity index (χ0n) is 16.2. The van der Waals surface area contributed by atoms with Crippen LogP contribution in [0.5, 0.6) is 11.5 Å². The van der Waals surface area contributed by atoms with Crippen LogP contribution in [0.25, 0.3) is 0 Å². The van der Waals surface area contributed by atoms with Gasteiger partial charge in [-0.3, -0.25) is 0 Å². The van der Waals surface area contributed by atoms with E-state index in [0.29, 0.717) is 0 Å². The van der Waals surface area contributed by atoms with E-state index in [2.05, 4.69) is 56.7 Å². The van der Waals surface area contributed by atoms with Gasteiger partial charge >= 0.3 is 0 Å². The summed E-state index contributed by atoms with van der Waals surface area (Å²) in [6.07, 6.45) is 3.41. The van der Waals surface area contributed by atoms with Crippen LogP contribution < -0.4 is 9.47 Å². The molecule has 0 bridgehead atoms. The first kappa shape index (κ1) is 17.5. The molecule has 0 saturated carbocycles. The predicted molar refractivity (Wildman–Crippen MR) is 103 cm³/mol. The molecule has 1 aliphatic carbocycles. The van der Waals surface area contributed by atoms with Crippen molar-refractivity contribution in [3.63, 3.8) is 0 Å². The van der Waals surface area contributed by atoms with Gasteiger partial charge in [-0.05, 0) is 56.4 Å². The molecule has 0 spiro atoms. The van der Waals surface area contributed by atoms with Crippen molar-refractivity contribution in [3.05, 3.63) is 52.1 Å². The van der Waals surface area contributed by atoms with Crippen LogP contribution in [-0.4, -0.2) is 31.6 Å². The summed E-state index contributed by atoms with van der Waals surface area (Å²) in [5, 5.41) is 0. The second kappa shape index (κ2) is 6.91. The summed E-state index contributed by atoms with van der Waals surface area (Å²) >= 11 is 0. The Morgan fingerprint density at radius 1 is 0.920 bits per heavy atom. The fourth-order valence-electron chi connectivity index (χ4n) is 4.09. The summed E-state index contributed by atoms with van der Waals surface area (Å²) < 4.78 is 13.4. The second-order valence-corrected chi connectivity index (χ2v) is 6.90. The Morgan fingerprint density at radius 2 is 1.60 bits per heavy atom. The van der Waals surface area contributed by atoms with E-state index >= 15 is 0 Å². The summed E-state index contributed by atoms with van der Waals surface area (Å²) in [7, 11) is 5.65. The van der Waals surface area contributed by atoms with Gasteiger partial charge in [0, 0.05) is 24.1 Å². The summed E-state index contributed by atoms with van der Waals surface area (Å²) in [6.45, 7) is 6.38. The Kier molecular flexibility index (Phi) is 4.85. The van der Waals surface area contributed by atoms with Crippen molar-refractivity contribution >= 4 is 11.4 Å². The van der Waals surface area contributed by atoms with Crippen LogP contribution in [-0.2, 0) is 6.42 Å². The number of aryl methyl sites for hydroxylation is 3. The topological polar surface area (TPSA) is 21.5 Å². The van der Waals surface area contributed by atoms with Gasteiger partial charge in [-0.2, -0.15) is 4.58 Å². The highest BCUT2D eigenvalue weighted by molar-refractivity contribution is 6.01. The van der Waals surface area contributed by atoms with Gasteiger partial charge in [0.2, 0.25) is 5.69 Å². The minimum absolute atomic E-state index is 0.966. The minimum atomic E-state index is 0.966. The molecule has 0 amide bonds. The van der Waals surface area contributed by atoms with E-state index in [4.69, 9.17) is 9.47 Å². The number of rotatable bonds is 3. The number of ether oxygens (including phenoxy) is 2. The lowest BCUT2D eigenvalue weighted by Crippen LogP contribution is -2.22. The van der Waals surface area contributed by atoms with Crippen LogP contribution in [0.15, 0.2) is 24.3 Å². The lowest BCUT2D eigenvalue weighted by Gasteiger charge is -2.20. The normalized spacial score (nSPS) is 15.6. The molecular formula is C22H28NO2+. The molecule has 0 fully saturated rings. The van der Waals surface area contributed by atoms with Crippen molar-refractivity contribution in [2.45, 2.75) is 40.0 Å². The number of fused-ring (bicyclic) bond motifs is 1. The summed E-state index contributed by atoms with van der Waals surface area (Å²) in [5.74, 6) is 1.94. The average molecular weight is 338 g/mol. The third-order valence-corrected chi connectivity index (χ3v) is 5.31. The smallest absolute Gasteiger partial charge is 0.205 e. The van der Waals surface area contributed by atoms with Gasteiger partial charge in [-0.15, -0.1) is 0 Å². The predicted octanol–water partition coefficient (Wildman–Crippen LogP) is 4.73. The van der Waals surface area contributed by atoms with Gasteiger partial charge in [0.15, 0.2) is 5.71 Å². The van der Waals surface area contributed by atoms with Crippen LogP contribution in [0.3, 0.4) is 0 Å². The SMILES string of the molecule is COc1ccc2c(c1C)C(=[N+](C)c1cc(C)c(OC)c(C)c1)CCC2. The highest BCUT2D eigenvalue weighted by atomic mass is 16.5. The molecule has 3 nitrogen and oxygen atoms in total. The molecule has 0 unspecified atom stereocenters. The first-order valence-electron chi connectivity index (χ1n) is 8.89. The van der Waals surface area contributed by atoms with Crippen LogP contribution in [0, 0.1) is 20.8 Å². The number of methoxy groups -OCH3 is 2. The average Bonchev–Trinajstić information content (AvgIpc) is 2.60. The van der Waals surface area contributed by atoms with E-state index in [-0.39, 0.29) is 0 Å². The third kappa shape index (κ3) is 3.04. The maximum absolute atomic E-state index is 5.56. The highest BCUT2D eigenvalue weighted by Gasteiger charge is 2.27. The Labute approximate surface area is 150 Å². The molecule has 0 atom stereocenters. The summed E-state index contributed by atoms with van der Waals surface area (Å²) in [5.41, 5.74) is 8.95. The van der Waals surface area contributed by atoms with Gasteiger partial charge in [-0.25, -0.2) is 0 Å². The standard InChI is InChI=1S/C22H28NO2/c1-14-12-18(13-15(2)22(14)25-6)23(4)19-9-7-8-17-10-11-20(24-5)16(3)21(17)19/h10-13H,7-9H2,1-6H3/q+1. The largest absolute Gasteiger partial charge is 0.496 e. The highest BCUT2D eigenvalue weighted by Crippen LogP contribution is 2.33. The third-order valence-electron chi connectivity index (χ3n) is 5.31. The second-order valence-electron chi connectivity index (χ2n) is 6.90. The molecule has 0 radical (unpaired) electrons. The van der Waals surface area contributed by atoms with E-state index in [0.717, 1.165) is 24.3 Å². The fourth-order valence-corrected chi connectivity index (χ4v) is 4.09. The van der Waals surface area contributed by atoms with Crippen molar-refractivity contribution in [1.82, 2.24) is 0 Å². The van der Waals surface area contributed by atoms with Crippen molar-refractivity contribution in [2.24, 2.45) is 0 Å². The first-order valence-corrected chi connectivity index (χ1v) is 8.89. The Morgan fingerprint density at radius 3 is 2.20 bits per heavy atom. The molecule has 132 valence electrons.